The number of nitrogens with two attached hydrogens (primary N) is 1. The molecule has 0 spiro atoms. The van der Waals surface area contributed by atoms with E-state index in [1.807, 2.05) is 12.1 Å². The Morgan fingerprint density at radius 3 is 2.95 bits per heavy atom. The van der Waals surface area contributed by atoms with Crippen LogP contribution >= 0.6 is 35.8 Å². The van der Waals surface area contributed by atoms with Gasteiger partial charge < -0.3 is 15.8 Å². The van der Waals surface area contributed by atoms with Crippen LogP contribution in [0.2, 0.25) is 0 Å². The normalized spacial score (nSPS) is 10.5. The van der Waals surface area contributed by atoms with Crippen LogP contribution < -0.4 is 11.2 Å². The summed E-state index contributed by atoms with van der Waals surface area (Å²) in [6.07, 6.45) is 2.51. The third kappa shape index (κ3) is 4.06. The largest absolute Gasteiger partial charge is 0.412 e. The molecule has 2 aromatic rings. The third-order valence-corrected chi connectivity index (χ3v) is 3.84. The zero-order valence-corrected chi connectivity index (χ0v) is 12.4. The molecule has 1 aromatic carbocycles. The molecule has 5 N–H and O–H groups in total. The zero-order valence-electron chi connectivity index (χ0n) is 10.00. The topological polar surface area (TPSA) is 86.8 Å². The van der Waals surface area contributed by atoms with Crippen molar-refractivity contribution in [3.05, 3.63) is 28.2 Å². The lowest BCUT2D eigenvalue weighted by Gasteiger charge is -2.01. The molecule has 0 fully saturated rings. The molecule has 0 amide bonds. The predicted molar refractivity (Wildman–Crippen MR) is 87.3 cm³/mol. The number of fused-ring (bicyclic) bond motifs is 1. The minimum absolute atomic E-state index is 0. The van der Waals surface area contributed by atoms with Gasteiger partial charge in [-0.2, -0.15) is 5.10 Å². The van der Waals surface area contributed by atoms with Gasteiger partial charge in [-0.25, -0.2) is 0 Å². The molecule has 0 bridgehead atoms. The van der Waals surface area contributed by atoms with E-state index in [-0.39, 0.29) is 10.6 Å². The van der Waals surface area contributed by atoms with Gasteiger partial charge in [0.1, 0.15) is 0 Å². The molecule has 0 unspecified atom stereocenters. The van der Waals surface area contributed by atoms with E-state index in [9.17, 15) is 0 Å². The Labute approximate surface area is 125 Å². The number of hydrogen-bond acceptors (Lipinski definition) is 4. The fraction of sp³-hybridized carbons (Fsp3) is 0.182. The van der Waals surface area contributed by atoms with Crippen molar-refractivity contribution in [3.63, 3.8) is 0 Å². The number of para-hydroxylation sites is 1. The van der Waals surface area contributed by atoms with E-state index in [1.54, 1.807) is 17.6 Å². The van der Waals surface area contributed by atoms with E-state index in [1.165, 1.54) is 10.2 Å². The molecule has 0 aliphatic carbocycles. The highest BCUT2D eigenvalue weighted by Crippen LogP contribution is 2.22. The van der Waals surface area contributed by atoms with Crippen LogP contribution in [0.1, 0.15) is 6.42 Å². The van der Waals surface area contributed by atoms with Crippen LogP contribution in [0.15, 0.2) is 29.4 Å². The van der Waals surface area contributed by atoms with Crippen LogP contribution in [0.3, 0.4) is 0 Å². The first kappa shape index (κ1) is 15.7. The van der Waals surface area contributed by atoms with Gasteiger partial charge in [-0.1, -0.05) is 12.1 Å². The van der Waals surface area contributed by atoms with E-state index in [4.69, 9.17) is 18.0 Å². The minimum Gasteiger partial charge on any atom is -0.412 e. The molecular weight excluding hydrogens is 300 g/mol. The number of aryl methyl sites for hydroxylation is 1. The molecule has 0 aliphatic rings. The Balaban J connectivity index is 0.00000180. The highest BCUT2D eigenvalue weighted by atomic mass is 32.1. The van der Waals surface area contributed by atoms with Gasteiger partial charge in [-0.05, 0) is 36.6 Å². The van der Waals surface area contributed by atoms with Crippen molar-refractivity contribution < 1.29 is 5.48 Å². The fourth-order valence-corrected chi connectivity index (χ4v) is 3.02. The summed E-state index contributed by atoms with van der Waals surface area (Å²) >= 11 is 11.6. The molecule has 19 heavy (non-hydrogen) atoms. The van der Waals surface area contributed by atoms with Gasteiger partial charge in [-0.15, -0.1) is 11.3 Å². The summed E-state index contributed by atoms with van der Waals surface area (Å²) in [4.78, 5) is 0. The molecule has 0 radical (unpaired) electrons. The van der Waals surface area contributed by atoms with Crippen molar-refractivity contribution in [1.82, 2.24) is 9.99 Å². The summed E-state index contributed by atoms with van der Waals surface area (Å²) in [6, 6.07) is 8.19. The van der Waals surface area contributed by atoms with Crippen molar-refractivity contribution in [1.29, 1.82) is 0 Å². The molecule has 0 saturated heterocycles. The molecule has 1 aromatic heterocycles. The number of hydrazone groups is 1. The molecule has 8 heteroatoms. The van der Waals surface area contributed by atoms with E-state index in [0.29, 0.717) is 0 Å². The SMILES string of the molecule is NC(=S)N/N=C/CCn1c(=S)sc2ccccc21.O. The standard InChI is InChI=1S/C11H12N4S3.H2O/c12-10(16)14-13-6-3-7-15-8-4-1-2-5-9(8)18-11(15)17;/h1-2,4-6H,3,7H2,(H3,12,14,16);1H2/b13-6+;. The number of nitrogens with one attached hydrogen (secondary N) is 1. The molecule has 102 valence electrons. The van der Waals surface area contributed by atoms with Crippen LogP contribution in [-0.2, 0) is 6.54 Å². The van der Waals surface area contributed by atoms with Crippen LogP contribution in [0, 0.1) is 3.95 Å². The lowest BCUT2D eigenvalue weighted by Crippen LogP contribution is -2.24. The number of thiocarbonyl (C=S) groups is 1. The van der Waals surface area contributed by atoms with Gasteiger partial charge in [0.15, 0.2) is 9.07 Å². The molecule has 5 nitrogen and oxygen atoms in total. The first-order valence-corrected chi connectivity index (χ1v) is 6.97. The average Bonchev–Trinajstić information content (AvgIpc) is 2.65. The first-order valence-electron chi connectivity index (χ1n) is 5.34. The fourth-order valence-electron chi connectivity index (χ4n) is 1.59. The van der Waals surface area contributed by atoms with E-state index in [2.05, 4.69) is 39.4 Å². The summed E-state index contributed by atoms with van der Waals surface area (Å²) in [5.74, 6) is 0. The number of thiazole rings is 1. The van der Waals surface area contributed by atoms with Gasteiger partial charge in [0.2, 0.25) is 0 Å². The lowest BCUT2D eigenvalue weighted by atomic mass is 10.3. The number of benzene rings is 1. The lowest BCUT2D eigenvalue weighted by molar-refractivity contribution is 0.755. The predicted octanol–water partition coefficient (Wildman–Crippen LogP) is 1.82. The quantitative estimate of drug-likeness (QED) is 0.512. The van der Waals surface area contributed by atoms with Crippen LogP contribution in [0.4, 0.5) is 0 Å². The molecule has 0 saturated carbocycles. The molecule has 1 heterocycles. The third-order valence-electron chi connectivity index (χ3n) is 2.32. The maximum Gasteiger partial charge on any atom is 0.184 e. The Kier molecular flexibility index (Phi) is 6.03. The number of aromatic nitrogens is 1. The highest BCUT2D eigenvalue weighted by Gasteiger charge is 2.02. The van der Waals surface area contributed by atoms with E-state index in [0.717, 1.165) is 16.9 Å². The van der Waals surface area contributed by atoms with Crippen LogP contribution in [0.5, 0.6) is 0 Å². The zero-order chi connectivity index (χ0) is 13.0. The Hall–Kier alpha value is -1.35. The smallest absolute Gasteiger partial charge is 0.184 e. The summed E-state index contributed by atoms with van der Waals surface area (Å²) in [5.41, 5.74) is 8.95. The maximum absolute atomic E-state index is 5.35. The average molecular weight is 314 g/mol. The number of hydrogen-bond donors (Lipinski definition) is 2. The van der Waals surface area contributed by atoms with Gasteiger partial charge in [-0.3, -0.25) is 5.43 Å². The minimum atomic E-state index is 0. The Bertz CT molecular complexity index is 647. The van der Waals surface area contributed by atoms with Gasteiger partial charge in [0.25, 0.3) is 0 Å². The van der Waals surface area contributed by atoms with Crippen molar-refractivity contribution in [2.75, 3.05) is 0 Å². The Morgan fingerprint density at radius 1 is 1.47 bits per heavy atom. The number of rotatable bonds is 4. The summed E-state index contributed by atoms with van der Waals surface area (Å²) in [7, 11) is 0. The molecule has 0 atom stereocenters. The van der Waals surface area contributed by atoms with E-state index < -0.39 is 0 Å². The van der Waals surface area contributed by atoms with E-state index >= 15 is 0 Å². The Morgan fingerprint density at radius 2 is 2.21 bits per heavy atom. The summed E-state index contributed by atoms with van der Waals surface area (Å²) in [6.45, 7) is 0.797. The summed E-state index contributed by atoms with van der Waals surface area (Å²) < 4.78 is 4.20. The van der Waals surface area contributed by atoms with Crippen molar-refractivity contribution in [3.8, 4) is 0 Å². The van der Waals surface area contributed by atoms with Gasteiger partial charge in [0, 0.05) is 19.2 Å². The summed E-state index contributed by atoms with van der Waals surface area (Å²) in [5, 5.41) is 4.07. The second-order valence-electron chi connectivity index (χ2n) is 3.56. The maximum atomic E-state index is 5.35. The second-order valence-corrected chi connectivity index (χ2v) is 5.68. The first-order chi connectivity index (χ1) is 8.68. The van der Waals surface area contributed by atoms with Crippen molar-refractivity contribution in [2.45, 2.75) is 13.0 Å². The van der Waals surface area contributed by atoms with Crippen LogP contribution in [-0.4, -0.2) is 21.4 Å². The van der Waals surface area contributed by atoms with Crippen LogP contribution in [0.25, 0.3) is 10.2 Å². The van der Waals surface area contributed by atoms with Gasteiger partial charge in [0.05, 0.1) is 10.2 Å². The highest BCUT2D eigenvalue weighted by molar-refractivity contribution is 7.80. The molecule has 2 rings (SSSR count). The van der Waals surface area contributed by atoms with Crippen molar-refractivity contribution >= 4 is 57.3 Å². The van der Waals surface area contributed by atoms with Crippen molar-refractivity contribution in [2.24, 2.45) is 10.8 Å². The molecule has 0 aliphatic heterocycles. The number of nitrogens with zero attached hydrogens (tertiary/aromatic N) is 2. The monoisotopic (exact) mass is 314 g/mol. The second kappa shape index (κ2) is 7.29. The van der Waals surface area contributed by atoms with Gasteiger partial charge >= 0.3 is 0 Å². The molecular formula is C11H14N4OS3.